The molecule has 0 radical (unpaired) electrons. The average Bonchev–Trinajstić information content (AvgIpc) is 2.94. The van der Waals surface area contributed by atoms with E-state index in [1.54, 1.807) is 4.68 Å². The van der Waals surface area contributed by atoms with E-state index < -0.39 is 6.04 Å². The monoisotopic (exact) mass is 307 g/mol. The van der Waals surface area contributed by atoms with E-state index in [9.17, 15) is 9.59 Å². The lowest BCUT2D eigenvalue weighted by atomic mass is 9.92. The minimum absolute atomic E-state index is 0.0820. The van der Waals surface area contributed by atoms with Crippen LogP contribution >= 0.6 is 0 Å². The second-order valence-corrected chi connectivity index (χ2v) is 7.29. The predicted molar refractivity (Wildman–Crippen MR) is 82.2 cm³/mol. The molecule has 0 aliphatic carbocycles. The van der Waals surface area contributed by atoms with Crippen molar-refractivity contribution in [2.45, 2.75) is 59.5 Å². The number of aromatic nitrogens is 3. The average molecular weight is 307 g/mol. The van der Waals surface area contributed by atoms with E-state index >= 15 is 0 Å². The molecule has 1 aromatic heterocycles. The predicted octanol–water partition coefficient (Wildman–Crippen LogP) is 1.76. The SMILES string of the molecule is CC(C)n1cc(CC2NC(=O)N(CCC(C)(C)C)C2=O)nn1. The van der Waals surface area contributed by atoms with E-state index in [-0.39, 0.29) is 23.4 Å². The van der Waals surface area contributed by atoms with Crippen LogP contribution in [0.5, 0.6) is 0 Å². The van der Waals surface area contributed by atoms with Gasteiger partial charge in [-0.3, -0.25) is 9.69 Å². The summed E-state index contributed by atoms with van der Waals surface area (Å²) in [5.74, 6) is -0.173. The Morgan fingerprint density at radius 2 is 2.00 bits per heavy atom. The van der Waals surface area contributed by atoms with Gasteiger partial charge in [-0.1, -0.05) is 26.0 Å². The quantitative estimate of drug-likeness (QED) is 0.841. The number of nitrogens with one attached hydrogen (secondary N) is 1. The van der Waals surface area contributed by atoms with Crippen molar-refractivity contribution in [2.24, 2.45) is 5.41 Å². The molecule has 1 aliphatic rings. The Kier molecular flexibility index (Phi) is 4.53. The smallest absolute Gasteiger partial charge is 0.324 e. The van der Waals surface area contributed by atoms with Gasteiger partial charge in [0.2, 0.25) is 0 Å². The second kappa shape index (κ2) is 6.06. The Labute approximate surface area is 131 Å². The highest BCUT2D eigenvalue weighted by molar-refractivity contribution is 6.04. The summed E-state index contributed by atoms with van der Waals surface area (Å²) in [7, 11) is 0. The lowest BCUT2D eigenvalue weighted by Crippen LogP contribution is -2.34. The van der Waals surface area contributed by atoms with Crippen LogP contribution in [0.3, 0.4) is 0 Å². The molecule has 2 rings (SSSR count). The molecule has 1 fully saturated rings. The van der Waals surface area contributed by atoms with Crippen molar-refractivity contribution in [2.75, 3.05) is 6.54 Å². The summed E-state index contributed by atoms with van der Waals surface area (Å²) < 4.78 is 1.74. The van der Waals surface area contributed by atoms with Crippen molar-refractivity contribution < 1.29 is 9.59 Å². The molecule has 0 spiro atoms. The first-order chi connectivity index (χ1) is 10.2. The van der Waals surface area contributed by atoms with Gasteiger partial charge in [0.25, 0.3) is 5.91 Å². The summed E-state index contributed by atoms with van der Waals surface area (Å²) >= 11 is 0. The molecular weight excluding hydrogens is 282 g/mol. The van der Waals surface area contributed by atoms with Crippen LogP contribution in [-0.4, -0.2) is 44.4 Å². The van der Waals surface area contributed by atoms with Crippen LogP contribution in [0, 0.1) is 5.41 Å². The summed E-state index contributed by atoms with van der Waals surface area (Å²) in [5.41, 5.74) is 0.795. The third-order valence-corrected chi connectivity index (χ3v) is 3.69. The van der Waals surface area contributed by atoms with Gasteiger partial charge in [0.05, 0.1) is 5.69 Å². The number of carbonyl (C=O) groups is 2. The molecule has 3 amide bonds. The third kappa shape index (κ3) is 3.84. The van der Waals surface area contributed by atoms with E-state index in [1.165, 1.54) is 4.90 Å². The van der Waals surface area contributed by atoms with Crippen LogP contribution in [0.1, 0.15) is 52.8 Å². The van der Waals surface area contributed by atoms with Gasteiger partial charge in [-0.15, -0.1) is 5.10 Å². The van der Waals surface area contributed by atoms with Gasteiger partial charge in [0.15, 0.2) is 0 Å². The fourth-order valence-electron chi connectivity index (χ4n) is 2.24. The molecule has 22 heavy (non-hydrogen) atoms. The summed E-state index contributed by atoms with van der Waals surface area (Å²) in [6, 6.07) is -0.626. The number of carbonyl (C=O) groups excluding carboxylic acids is 2. The normalized spacial score (nSPS) is 19.2. The topological polar surface area (TPSA) is 80.1 Å². The summed E-state index contributed by atoms with van der Waals surface area (Å²) in [5, 5.41) is 10.8. The third-order valence-electron chi connectivity index (χ3n) is 3.69. The highest BCUT2D eigenvalue weighted by atomic mass is 16.2. The number of imide groups is 1. The first-order valence-electron chi connectivity index (χ1n) is 7.70. The first kappa shape index (κ1) is 16.5. The van der Waals surface area contributed by atoms with Gasteiger partial charge in [-0.2, -0.15) is 0 Å². The minimum atomic E-state index is -0.537. The van der Waals surface area contributed by atoms with Crippen LogP contribution in [0.2, 0.25) is 0 Å². The largest absolute Gasteiger partial charge is 0.325 e. The molecule has 1 N–H and O–H groups in total. The Hall–Kier alpha value is -1.92. The van der Waals surface area contributed by atoms with Crippen LogP contribution in [0.25, 0.3) is 0 Å². The number of hydrogen-bond donors (Lipinski definition) is 1. The molecule has 7 nitrogen and oxygen atoms in total. The summed E-state index contributed by atoms with van der Waals surface area (Å²) in [4.78, 5) is 25.6. The van der Waals surface area contributed by atoms with Gasteiger partial charge >= 0.3 is 6.03 Å². The van der Waals surface area contributed by atoms with Crippen molar-refractivity contribution in [1.82, 2.24) is 25.2 Å². The van der Waals surface area contributed by atoms with Crippen LogP contribution in [0.15, 0.2) is 6.20 Å². The first-order valence-corrected chi connectivity index (χ1v) is 7.70. The van der Waals surface area contributed by atoms with Crippen LogP contribution in [-0.2, 0) is 11.2 Å². The molecule has 2 heterocycles. The fraction of sp³-hybridized carbons (Fsp3) is 0.733. The molecule has 1 aliphatic heterocycles. The number of urea groups is 1. The molecular formula is C15H25N5O2. The molecule has 122 valence electrons. The van der Waals surface area contributed by atoms with Crippen LogP contribution < -0.4 is 5.32 Å². The van der Waals surface area contributed by atoms with E-state index in [4.69, 9.17) is 0 Å². The van der Waals surface area contributed by atoms with E-state index in [0.29, 0.717) is 18.7 Å². The van der Waals surface area contributed by atoms with Crippen molar-refractivity contribution in [3.63, 3.8) is 0 Å². The Balaban J connectivity index is 1.98. The van der Waals surface area contributed by atoms with Gasteiger partial charge < -0.3 is 5.32 Å². The minimum Gasteiger partial charge on any atom is -0.325 e. The zero-order valence-corrected chi connectivity index (χ0v) is 14.0. The lowest BCUT2D eigenvalue weighted by molar-refractivity contribution is -0.127. The zero-order chi connectivity index (χ0) is 16.5. The number of amides is 3. The van der Waals surface area contributed by atoms with Gasteiger partial charge in [-0.25, -0.2) is 9.48 Å². The zero-order valence-electron chi connectivity index (χ0n) is 14.0. The van der Waals surface area contributed by atoms with Gasteiger partial charge in [0.1, 0.15) is 6.04 Å². The Morgan fingerprint density at radius 3 is 2.55 bits per heavy atom. The molecule has 1 atom stereocenters. The maximum absolute atomic E-state index is 12.4. The highest BCUT2D eigenvalue weighted by Gasteiger charge is 2.38. The molecule has 7 heteroatoms. The number of rotatable bonds is 5. The van der Waals surface area contributed by atoms with Gasteiger partial charge in [-0.05, 0) is 25.7 Å². The summed E-state index contributed by atoms with van der Waals surface area (Å²) in [6.45, 7) is 10.7. The number of nitrogens with zero attached hydrogens (tertiary/aromatic N) is 4. The second-order valence-electron chi connectivity index (χ2n) is 7.29. The number of hydrogen-bond acceptors (Lipinski definition) is 4. The fourth-order valence-corrected chi connectivity index (χ4v) is 2.24. The van der Waals surface area contributed by atoms with Crippen molar-refractivity contribution in [3.8, 4) is 0 Å². The highest BCUT2D eigenvalue weighted by Crippen LogP contribution is 2.21. The Morgan fingerprint density at radius 1 is 1.32 bits per heavy atom. The van der Waals surface area contributed by atoms with E-state index in [0.717, 1.165) is 6.42 Å². The maximum Gasteiger partial charge on any atom is 0.324 e. The van der Waals surface area contributed by atoms with E-state index in [2.05, 4.69) is 36.4 Å². The molecule has 0 bridgehead atoms. The Bertz CT molecular complexity index is 559. The molecule has 0 aromatic carbocycles. The van der Waals surface area contributed by atoms with Crippen molar-refractivity contribution in [3.05, 3.63) is 11.9 Å². The van der Waals surface area contributed by atoms with Crippen molar-refractivity contribution in [1.29, 1.82) is 0 Å². The molecule has 0 saturated carbocycles. The maximum atomic E-state index is 12.4. The lowest BCUT2D eigenvalue weighted by Gasteiger charge is -2.21. The molecule has 1 aromatic rings. The van der Waals surface area contributed by atoms with E-state index in [1.807, 2.05) is 20.0 Å². The van der Waals surface area contributed by atoms with Crippen molar-refractivity contribution >= 4 is 11.9 Å². The standard InChI is InChI=1S/C15H25N5O2/c1-10(2)20-9-11(17-18-20)8-12-13(21)19(14(22)16-12)7-6-15(3,4)5/h9-10,12H,6-8H2,1-5H3,(H,16,22). The van der Waals surface area contributed by atoms with Gasteiger partial charge in [0, 0.05) is 25.2 Å². The molecule has 1 unspecified atom stereocenters. The molecule has 1 saturated heterocycles. The van der Waals surface area contributed by atoms with Crippen LogP contribution in [0.4, 0.5) is 4.79 Å². The summed E-state index contributed by atoms with van der Waals surface area (Å²) in [6.07, 6.45) is 2.98.